The van der Waals surface area contributed by atoms with E-state index < -0.39 is 5.97 Å². The van der Waals surface area contributed by atoms with Crippen LogP contribution in [-0.4, -0.2) is 31.6 Å². The summed E-state index contributed by atoms with van der Waals surface area (Å²) in [4.78, 5) is 10.8. The van der Waals surface area contributed by atoms with E-state index in [1.54, 1.807) is 0 Å². The predicted molar refractivity (Wildman–Crippen MR) is 77.0 cm³/mol. The highest BCUT2D eigenvalue weighted by Gasteiger charge is 2.35. The van der Waals surface area contributed by atoms with Crippen LogP contribution in [0.2, 0.25) is 0 Å². The Morgan fingerprint density at radius 2 is 2.05 bits per heavy atom. The first-order valence-electron chi connectivity index (χ1n) is 7.46. The minimum absolute atomic E-state index is 0.0594. The molecule has 2 unspecified atom stereocenters. The Bertz CT molecular complexity index is 499. The Morgan fingerprint density at radius 3 is 2.70 bits per heavy atom. The second-order valence-corrected chi connectivity index (χ2v) is 6.94. The van der Waals surface area contributed by atoms with Gasteiger partial charge in [0, 0.05) is 12.0 Å². The molecule has 0 aromatic carbocycles. The van der Waals surface area contributed by atoms with Gasteiger partial charge in [0.15, 0.2) is 5.16 Å². The van der Waals surface area contributed by atoms with Gasteiger partial charge in [-0.1, -0.05) is 31.5 Å². The van der Waals surface area contributed by atoms with Crippen molar-refractivity contribution < 1.29 is 9.90 Å². The molecule has 1 aromatic rings. The smallest absolute Gasteiger partial charge is 0.313 e. The molecule has 2 saturated carbocycles. The van der Waals surface area contributed by atoms with E-state index in [-0.39, 0.29) is 5.75 Å². The molecule has 0 saturated heterocycles. The highest BCUT2D eigenvalue weighted by Crippen LogP contribution is 2.44. The SMILES string of the molecule is CC1CCCCC1n1c(SCC(=O)O)nnc1C1CC1. The quantitative estimate of drug-likeness (QED) is 0.845. The fraction of sp³-hybridized carbons (Fsp3) is 0.786. The average Bonchev–Trinajstić information content (AvgIpc) is 3.18. The predicted octanol–water partition coefficient (Wildman–Crippen LogP) is 3.08. The monoisotopic (exact) mass is 295 g/mol. The van der Waals surface area contributed by atoms with Gasteiger partial charge in [-0.25, -0.2) is 0 Å². The lowest BCUT2D eigenvalue weighted by atomic mass is 9.85. The van der Waals surface area contributed by atoms with E-state index in [0.29, 0.717) is 17.9 Å². The van der Waals surface area contributed by atoms with Gasteiger partial charge in [0.25, 0.3) is 0 Å². The molecule has 110 valence electrons. The highest BCUT2D eigenvalue weighted by molar-refractivity contribution is 7.99. The van der Waals surface area contributed by atoms with Crippen LogP contribution in [0, 0.1) is 5.92 Å². The van der Waals surface area contributed by atoms with Crippen molar-refractivity contribution in [3.63, 3.8) is 0 Å². The summed E-state index contributed by atoms with van der Waals surface area (Å²) in [5.74, 6) is 1.53. The molecule has 5 nitrogen and oxygen atoms in total. The maximum atomic E-state index is 10.8. The van der Waals surface area contributed by atoms with Gasteiger partial charge >= 0.3 is 5.97 Å². The van der Waals surface area contributed by atoms with Crippen LogP contribution in [0.5, 0.6) is 0 Å². The molecule has 1 N–H and O–H groups in total. The van der Waals surface area contributed by atoms with Gasteiger partial charge < -0.3 is 9.67 Å². The number of aromatic nitrogens is 3. The van der Waals surface area contributed by atoms with Crippen LogP contribution in [0.25, 0.3) is 0 Å². The minimum Gasteiger partial charge on any atom is -0.481 e. The van der Waals surface area contributed by atoms with E-state index in [0.717, 1.165) is 11.0 Å². The number of aliphatic carboxylic acids is 1. The summed E-state index contributed by atoms with van der Waals surface area (Å²) in [6.45, 7) is 2.30. The molecular weight excluding hydrogens is 274 g/mol. The molecule has 20 heavy (non-hydrogen) atoms. The van der Waals surface area contributed by atoms with Crippen molar-refractivity contribution in [1.82, 2.24) is 14.8 Å². The van der Waals surface area contributed by atoms with E-state index in [4.69, 9.17) is 5.11 Å². The topological polar surface area (TPSA) is 68.0 Å². The fourth-order valence-corrected chi connectivity index (χ4v) is 3.84. The standard InChI is InChI=1S/C14H21N3O2S/c1-9-4-2-3-5-11(9)17-13(10-6-7-10)15-16-14(17)20-8-12(18)19/h9-11H,2-8H2,1H3,(H,18,19). The second-order valence-electron chi connectivity index (χ2n) is 6.00. The normalized spacial score (nSPS) is 26.6. The van der Waals surface area contributed by atoms with E-state index in [1.165, 1.54) is 50.3 Å². The van der Waals surface area contributed by atoms with Crippen LogP contribution in [0.4, 0.5) is 0 Å². The lowest BCUT2D eigenvalue weighted by Gasteiger charge is -2.31. The molecule has 2 aliphatic carbocycles. The molecule has 3 rings (SSSR count). The third kappa shape index (κ3) is 2.85. The zero-order valence-corrected chi connectivity index (χ0v) is 12.6. The summed E-state index contributed by atoms with van der Waals surface area (Å²) in [5, 5.41) is 18.3. The van der Waals surface area contributed by atoms with Gasteiger partial charge in [-0.2, -0.15) is 0 Å². The molecule has 0 radical (unpaired) electrons. The summed E-state index contributed by atoms with van der Waals surface area (Å²) in [5.41, 5.74) is 0. The third-order valence-corrected chi connectivity index (χ3v) is 5.28. The number of carboxylic acid groups (broad SMARTS) is 1. The lowest BCUT2D eigenvalue weighted by Crippen LogP contribution is -2.23. The minimum atomic E-state index is -0.797. The van der Waals surface area contributed by atoms with Gasteiger partial charge in [0.1, 0.15) is 5.82 Å². The molecule has 2 aliphatic rings. The van der Waals surface area contributed by atoms with Crippen LogP contribution < -0.4 is 0 Å². The maximum Gasteiger partial charge on any atom is 0.313 e. The lowest BCUT2D eigenvalue weighted by molar-refractivity contribution is -0.133. The van der Waals surface area contributed by atoms with Gasteiger partial charge in [-0.05, 0) is 31.6 Å². The van der Waals surface area contributed by atoms with Crippen molar-refractivity contribution in [2.24, 2.45) is 5.92 Å². The van der Waals surface area contributed by atoms with Gasteiger partial charge in [-0.15, -0.1) is 10.2 Å². The summed E-state index contributed by atoms with van der Waals surface area (Å²) in [7, 11) is 0. The van der Waals surface area contributed by atoms with Crippen LogP contribution in [0.3, 0.4) is 0 Å². The molecule has 6 heteroatoms. The molecule has 1 heterocycles. The second kappa shape index (κ2) is 5.76. The van der Waals surface area contributed by atoms with E-state index in [1.807, 2.05) is 0 Å². The number of hydrogen-bond donors (Lipinski definition) is 1. The number of carboxylic acids is 1. The Balaban J connectivity index is 1.88. The Hall–Kier alpha value is -1.04. The Morgan fingerprint density at radius 1 is 1.30 bits per heavy atom. The molecule has 1 aromatic heterocycles. The van der Waals surface area contributed by atoms with Gasteiger partial charge in [0.05, 0.1) is 5.75 Å². The molecule has 2 fully saturated rings. The number of nitrogens with zero attached hydrogens (tertiary/aromatic N) is 3. The first-order valence-corrected chi connectivity index (χ1v) is 8.44. The Kier molecular flexibility index (Phi) is 4.01. The van der Waals surface area contributed by atoms with E-state index in [9.17, 15) is 4.79 Å². The Labute approximate surface area is 123 Å². The number of carbonyl (C=O) groups is 1. The number of rotatable bonds is 5. The average molecular weight is 295 g/mol. The molecule has 0 spiro atoms. The molecular formula is C14H21N3O2S. The van der Waals surface area contributed by atoms with Crippen LogP contribution in [-0.2, 0) is 4.79 Å². The number of hydrogen-bond acceptors (Lipinski definition) is 4. The van der Waals surface area contributed by atoms with Crippen molar-refractivity contribution in [1.29, 1.82) is 0 Å². The summed E-state index contributed by atoms with van der Waals surface area (Å²) in [6.07, 6.45) is 7.36. The molecule has 0 bridgehead atoms. The molecule has 2 atom stereocenters. The van der Waals surface area contributed by atoms with Gasteiger partial charge in [-0.3, -0.25) is 4.79 Å². The fourth-order valence-electron chi connectivity index (χ4n) is 3.12. The van der Waals surface area contributed by atoms with E-state index >= 15 is 0 Å². The first kappa shape index (κ1) is 13.9. The van der Waals surface area contributed by atoms with Gasteiger partial charge in [0.2, 0.25) is 0 Å². The zero-order valence-electron chi connectivity index (χ0n) is 11.8. The largest absolute Gasteiger partial charge is 0.481 e. The zero-order chi connectivity index (χ0) is 14.1. The highest BCUT2D eigenvalue weighted by atomic mass is 32.2. The van der Waals surface area contributed by atoms with Crippen molar-refractivity contribution in [3.8, 4) is 0 Å². The van der Waals surface area contributed by atoms with Crippen molar-refractivity contribution in [2.45, 2.75) is 62.6 Å². The first-order chi connectivity index (χ1) is 9.66. The van der Waals surface area contributed by atoms with Crippen molar-refractivity contribution >= 4 is 17.7 Å². The van der Waals surface area contributed by atoms with E-state index in [2.05, 4.69) is 21.7 Å². The summed E-state index contributed by atoms with van der Waals surface area (Å²) < 4.78 is 2.27. The molecule has 0 aliphatic heterocycles. The van der Waals surface area contributed by atoms with Crippen LogP contribution in [0.15, 0.2) is 5.16 Å². The third-order valence-electron chi connectivity index (χ3n) is 4.36. The summed E-state index contributed by atoms with van der Waals surface area (Å²) >= 11 is 1.31. The maximum absolute atomic E-state index is 10.8. The number of thioether (sulfide) groups is 1. The van der Waals surface area contributed by atoms with Crippen LogP contribution >= 0.6 is 11.8 Å². The van der Waals surface area contributed by atoms with Crippen LogP contribution in [0.1, 0.15) is 63.2 Å². The molecule has 0 amide bonds. The van der Waals surface area contributed by atoms with Crippen molar-refractivity contribution in [2.75, 3.05) is 5.75 Å². The summed E-state index contributed by atoms with van der Waals surface area (Å²) in [6, 6.07) is 0.450. The van der Waals surface area contributed by atoms with Crippen molar-refractivity contribution in [3.05, 3.63) is 5.82 Å².